The number of nitrogens with zero attached hydrogens (tertiary/aromatic N) is 2. The summed E-state index contributed by atoms with van der Waals surface area (Å²) in [5, 5.41) is 9.44. The monoisotopic (exact) mass is 153 g/mol. The van der Waals surface area contributed by atoms with Crippen LogP contribution in [0.3, 0.4) is 0 Å². The van der Waals surface area contributed by atoms with Gasteiger partial charge in [-0.2, -0.15) is 0 Å². The van der Waals surface area contributed by atoms with Crippen LogP contribution in [0.5, 0.6) is 0 Å². The van der Waals surface area contributed by atoms with Crippen LogP contribution >= 0.6 is 0 Å². The average Bonchev–Trinajstić information content (AvgIpc) is 2.31. The van der Waals surface area contributed by atoms with Gasteiger partial charge in [-0.15, -0.1) is 0 Å². The Morgan fingerprint density at radius 2 is 2.55 bits per heavy atom. The van der Waals surface area contributed by atoms with Crippen molar-refractivity contribution in [2.75, 3.05) is 5.73 Å². The third kappa shape index (κ3) is 0.991. The first-order chi connectivity index (χ1) is 5.27. The van der Waals surface area contributed by atoms with Crippen molar-refractivity contribution in [1.29, 1.82) is 0 Å². The molecule has 3 N–H and O–H groups in total. The number of hydrogen-bond acceptors (Lipinski definition) is 3. The summed E-state index contributed by atoms with van der Waals surface area (Å²) in [6.07, 6.45) is 3.17. The summed E-state index contributed by atoms with van der Waals surface area (Å²) >= 11 is 0. The summed E-state index contributed by atoms with van der Waals surface area (Å²) < 4.78 is 1.92. The van der Waals surface area contributed by atoms with Gasteiger partial charge in [-0.25, -0.2) is 4.98 Å². The summed E-state index contributed by atoms with van der Waals surface area (Å²) in [6.45, 7) is 0.927. The lowest BCUT2D eigenvalue weighted by molar-refractivity contribution is 0.134. The van der Waals surface area contributed by atoms with Gasteiger partial charge in [-0.3, -0.25) is 0 Å². The molecule has 0 aliphatic carbocycles. The average molecular weight is 153 g/mol. The highest BCUT2D eigenvalue weighted by Crippen LogP contribution is 2.24. The zero-order valence-corrected chi connectivity index (χ0v) is 6.20. The van der Waals surface area contributed by atoms with Crippen molar-refractivity contribution in [3.63, 3.8) is 0 Å². The molecular formula is C7H11N3O. The minimum absolute atomic E-state index is 0.416. The van der Waals surface area contributed by atoms with Gasteiger partial charge in [-0.05, 0) is 12.8 Å². The number of hydrogen-bond donors (Lipinski definition) is 2. The zero-order chi connectivity index (χ0) is 7.84. The molecule has 2 rings (SSSR count). The Balaban J connectivity index is 2.43. The molecule has 1 aliphatic heterocycles. The lowest BCUT2D eigenvalue weighted by atomic mass is 10.1. The number of aliphatic hydroxyl groups is 1. The Morgan fingerprint density at radius 3 is 3.27 bits per heavy atom. The third-order valence-corrected chi connectivity index (χ3v) is 2.00. The van der Waals surface area contributed by atoms with Crippen LogP contribution < -0.4 is 5.73 Å². The molecular weight excluding hydrogens is 142 g/mol. The fourth-order valence-electron chi connectivity index (χ4n) is 1.48. The molecule has 1 aromatic heterocycles. The van der Waals surface area contributed by atoms with Crippen molar-refractivity contribution in [3.8, 4) is 0 Å². The Hall–Kier alpha value is -1.03. The van der Waals surface area contributed by atoms with Crippen LogP contribution in [-0.2, 0) is 6.54 Å². The molecule has 2 heterocycles. The lowest BCUT2D eigenvalue weighted by Crippen LogP contribution is -2.14. The van der Waals surface area contributed by atoms with Gasteiger partial charge < -0.3 is 15.4 Å². The Kier molecular flexibility index (Phi) is 1.35. The predicted molar refractivity (Wildman–Crippen MR) is 40.8 cm³/mol. The van der Waals surface area contributed by atoms with E-state index in [1.807, 2.05) is 4.57 Å². The van der Waals surface area contributed by atoms with Gasteiger partial charge in [0.25, 0.3) is 0 Å². The fraction of sp³-hybridized carbons (Fsp3) is 0.571. The quantitative estimate of drug-likeness (QED) is 0.563. The first kappa shape index (κ1) is 6.67. The number of nitrogen functional groups attached to an aromatic ring is 1. The second kappa shape index (κ2) is 2.23. The minimum Gasteiger partial charge on any atom is -0.385 e. The number of aromatic nitrogens is 2. The van der Waals surface area contributed by atoms with Crippen LogP contribution in [0.4, 0.5) is 5.82 Å². The van der Waals surface area contributed by atoms with Gasteiger partial charge >= 0.3 is 0 Å². The molecule has 1 aliphatic rings. The number of imidazole rings is 1. The van der Waals surface area contributed by atoms with Gasteiger partial charge in [0.1, 0.15) is 17.7 Å². The van der Waals surface area contributed by atoms with E-state index in [-0.39, 0.29) is 0 Å². The van der Waals surface area contributed by atoms with E-state index >= 15 is 0 Å². The maximum absolute atomic E-state index is 9.44. The predicted octanol–water partition coefficient (Wildman–Crippen LogP) is 0.293. The molecule has 0 saturated heterocycles. The third-order valence-electron chi connectivity index (χ3n) is 2.00. The second-order valence-electron chi connectivity index (χ2n) is 2.88. The van der Waals surface area contributed by atoms with Crippen LogP contribution in [0.25, 0.3) is 0 Å². The molecule has 0 radical (unpaired) electrons. The van der Waals surface area contributed by atoms with Crippen LogP contribution in [0.2, 0.25) is 0 Å². The second-order valence-corrected chi connectivity index (χ2v) is 2.88. The summed E-state index contributed by atoms with van der Waals surface area (Å²) in [7, 11) is 0. The highest BCUT2D eigenvalue weighted by atomic mass is 16.3. The molecule has 60 valence electrons. The standard InChI is InChI=1S/C7H11N3O/c8-6-4-10-3-1-2-5(11)7(10)9-6/h4-5,11H,1-3,8H2/t5-/m1/s1. The van der Waals surface area contributed by atoms with E-state index in [4.69, 9.17) is 5.73 Å². The fourth-order valence-corrected chi connectivity index (χ4v) is 1.48. The molecule has 11 heavy (non-hydrogen) atoms. The topological polar surface area (TPSA) is 64.1 Å². The lowest BCUT2D eigenvalue weighted by Gasteiger charge is -2.17. The molecule has 4 heteroatoms. The van der Waals surface area contributed by atoms with Gasteiger partial charge in [0.2, 0.25) is 0 Å². The smallest absolute Gasteiger partial charge is 0.142 e. The number of anilines is 1. The molecule has 1 atom stereocenters. The van der Waals surface area contributed by atoms with Crippen molar-refractivity contribution in [1.82, 2.24) is 9.55 Å². The van der Waals surface area contributed by atoms with Crippen LogP contribution in [0.1, 0.15) is 24.8 Å². The van der Waals surface area contributed by atoms with Gasteiger partial charge in [0, 0.05) is 12.7 Å². The minimum atomic E-state index is -0.416. The largest absolute Gasteiger partial charge is 0.385 e. The van der Waals surface area contributed by atoms with E-state index in [1.54, 1.807) is 6.20 Å². The zero-order valence-electron chi connectivity index (χ0n) is 6.20. The first-order valence-corrected chi connectivity index (χ1v) is 3.78. The molecule has 0 spiro atoms. The van der Waals surface area contributed by atoms with Gasteiger partial charge in [-0.1, -0.05) is 0 Å². The maximum atomic E-state index is 9.44. The number of aryl methyl sites for hydroxylation is 1. The summed E-state index contributed by atoms with van der Waals surface area (Å²) in [6, 6.07) is 0. The molecule has 0 saturated carbocycles. The Labute approximate surface area is 64.7 Å². The van der Waals surface area contributed by atoms with E-state index in [2.05, 4.69) is 4.98 Å². The van der Waals surface area contributed by atoms with Crippen molar-refractivity contribution < 1.29 is 5.11 Å². The summed E-state index contributed by atoms with van der Waals surface area (Å²) in [4.78, 5) is 4.02. The number of rotatable bonds is 0. The molecule has 0 unspecified atom stereocenters. The molecule has 4 nitrogen and oxygen atoms in total. The van der Waals surface area contributed by atoms with E-state index in [0.29, 0.717) is 11.6 Å². The van der Waals surface area contributed by atoms with E-state index < -0.39 is 6.10 Å². The van der Waals surface area contributed by atoms with Crippen molar-refractivity contribution in [3.05, 3.63) is 12.0 Å². The SMILES string of the molecule is Nc1cn2c(n1)[C@H](O)CCC2. The van der Waals surface area contributed by atoms with E-state index in [9.17, 15) is 5.11 Å². The highest BCUT2D eigenvalue weighted by Gasteiger charge is 2.19. The molecule has 0 fully saturated rings. The molecule has 0 bridgehead atoms. The van der Waals surface area contributed by atoms with Gasteiger partial charge in [0.15, 0.2) is 0 Å². The first-order valence-electron chi connectivity index (χ1n) is 3.78. The van der Waals surface area contributed by atoms with Crippen LogP contribution in [-0.4, -0.2) is 14.7 Å². The Bertz CT molecular complexity index is 269. The number of fused-ring (bicyclic) bond motifs is 1. The van der Waals surface area contributed by atoms with Crippen molar-refractivity contribution in [2.45, 2.75) is 25.5 Å². The molecule has 0 amide bonds. The van der Waals surface area contributed by atoms with E-state index in [0.717, 1.165) is 19.4 Å². The van der Waals surface area contributed by atoms with Crippen molar-refractivity contribution >= 4 is 5.82 Å². The molecule has 0 aromatic carbocycles. The number of aliphatic hydroxyl groups excluding tert-OH is 1. The summed E-state index contributed by atoms with van der Waals surface area (Å²) in [5.41, 5.74) is 5.48. The van der Waals surface area contributed by atoms with Crippen LogP contribution in [0, 0.1) is 0 Å². The van der Waals surface area contributed by atoms with Crippen molar-refractivity contribution in [2.24, 2.45) is 0 Å². The molecule has 1 aromatic rings. The van der Waals surface area contributed by atoms with Crippen LogP contribution in [0.15, 0.2) is 6.20 Å². The highest BCUT2D eigenvalue weighted by molar-refractivity contribution is 5.27. The number of nitrogens with two attached hydrogens (primary N) is 1. The van der Waals surface area contributed by atoms with Gasteiger partial charge in [0.05, 0.1) is 0 Å². The Morgan fingerprint density at radius 1 is 1.73 bits per heavy atom. The maximum Gasteiger partial charge on any atom is 0.142 e. The van der Waals surface area contributed by atoms with E-state index in [1.165, 1.54) is 0 Å². The normalized spacial score (nSPS) is 23.2. The summed E-state index contributed by atoms with van der Waals surface area (Å²) in [5.74, 6) is 1.22.